The van der Waals surface area contributed by atoms with Crippen molar-refractivity contribution in [3.63, 3.8) is 0 Å². The SMILES string of the molecule is COc1cc(C)c(SCC2CCNCC2)cc1C. The van der Waals surface area contributed by atoms with Crippen LogP contribution in [0.4, 0.5) is 0 Å². The fourth-order valence-electron chi connectivity index (χ4n) is 2.39. The van der Waals surface area contributed by atoms with E-state index in [0.717, 1.165) is 11.7 Å². The van der Waals surface area contributed by atoms with Crippen LogP contribution in [0.1, 0.15) is 24.0 Å². The predicted molar refractivity (Wildman–Crippen MR) is 78.8 cm³/mol. The van der Waals surface area contributed by atoms with E-state index in [1.54, 1.807) is 7.11 Å². The third-order valence-corrected chi connectivity index (χ3v) is 5.01. The highest BCUT2D eigenvalue weighted by atomic mass is 32.2. The number of aryl methyl sites for hydroxylation is 2. The maximum absolute atomic E-state index is 5.36. The lowest BCUT2D eigenvalue weighted by Gasteiger charge is -2.22. The second-order valence-corrected chi connectivity index (χ2v) is 6.15. The average Bonchev–Trinajstić information content (AvgIpc) is 2.40. The molecule has 2 nitrogen and oxygen atoms in total. The summed E-state index contributed by atoms with van der Waals surface area (Å²) < 4.78 is 5.36. The van der Waals surface area contributed by atoms with Gasteiger partial charge < -0.3 is 10.1 Å². The molecule has 3 heteroatoms. The van der Waals surface area contributed by atoms with E-state index in [0.29, 0.717) is 0 Å². The summed E-state index contributed by atoms with van der Waals surface area (Å²) in [4.78, 5) is 1.41. The molecule has 1 aliphatic rings. The van der Waals surface area contributed by atoms with Crippen LogP contribution >= 0.6 is 11.8 Å². The number of rotatable bonds is 4. The summed E-state index contributed by atoms with van der Waals surface area (Å²) in [6, 6.07) is 4.42. The van der Waals surface area contributed by atoms with Gasteiger partial charge >= 0.3 is 0 Å². The van der Waals surface area contributed by atoms with Crippen LogP contribution in [0, 0.1) is 19.8 Å². The first kappa shape index (κ1) is 13.8. The first-order valence-corrected chi connectivity index (χ1v) is 7.68. The second kappa shape index (κ2) is 6.48. The molecule has 0 bridgehead atoms. The minimum absolute atomic E-state index is 0.873. The molecule has 1 N–H and O–H groups in total. The molecule has 0 amide bonds. The minimum Gasteiger partial charge on any atom is -0.496 e. The van der Waals surface area contributed by atoms with Gasteiger partial charge in [0, 0.05) is 10.6 Å². The molecule has 1 aromatic carbocycles. The molecule has 1 heterocycles. The van der Waals surface area contributed by atoms with Crippen LogP contribution in [0.15, 0.2) is 17.0 Å². The summed E-state index contributed by atoms with van der Waals surface area (Å²) in [5.74, 6) is 3.12. The van der Waals surface area contributed by atoms with Crippen molar-refractivity contribution in [2.24, 2.45) is 5.92 Å². The quantitative estimate of drug-likeness (QED) is 0.843. The number of piperidine rings is 1. The smallest absolute Gasteiger partial charge is 0.122 e. The number of benzene rings is 1. The largest absolute Gasteiger partial charge is 0.496 e. The van der Waals surface area contributed by atoms with Crippen LogP contribution in [-0.4, -0.2) is 26.0 Å². The number of hydrogen-bond acceptors (Lipinski definition) is 3. The Balaban J connectivity index is 1.98. The molecule has 1 fully saturated rings. The molecule has 1 aromatic rings. The highest BCUT2D eigenvalue weighted by Gasteiger charge is 2.14. The van der Waals surface area contributed by atoms with Crippen LogP contribution in [0.25, 0.3) is 0 Å². The van der Waals surface area contributed by atoms with Crippen LogP contribution in [0.2, 0.25) is 0 Å². The van der Waals surface area contributed by atoms with E-state index >= 15 is 0 Å². The highest BCUT2D eigenvalue weighted by molar-refractivity contribution is 7.99. The zero-order chi connectivity index (χ0) is 13.0. The predicted octanol–water partition coefficient (Wildman–Crippen LogP) is 3.40. The van der Waals surface area contributed by atoms with Crippen LogP contribution in [0.3, 0.4) is 0 Å². The van der Waals surface area contributed by atoms with Crippen LogP contribution < -0.4 is 10.1 Å². The summed E-state index contributed by atoms with van der Waals surface area (Å²) in [5.41, 5.74) is 2.56. The van der Waals surface area contributed by atoms with Crippen molar-refractivity contribution in [2.75, 3.05) is 26.0 Å². The van der Waals surface area contributed by atoms with E-state index in [4.69, 9.17) is 4.74 Å². The molecule has 0 aliphatic carbocycles. The van der Waals surface area contributed by atoms with E-state index in [1.807, 2.05) is 11.8 Å². The molecule has 0 spiro atoms. The van der Waals surface area contributed by atoms with Gasteiger partial charge in [0.2, 0.25) is 0 Å². The summed E-state index contributed by atoms with van der Waals surface area (Å²) >= 11 is 2.00. The Labute approximate surface area is 114 Å². The lowest BCUT2D eigenvalue weighted by atomic mass is 10.0. The standard InChI is InChI=1S/C15H23NOS/c1-11-9-15(12(2)8-14(11)17-3)18-10-13-4-6-16-7-5-13/h8-9,13,16H,4-7,10H2,1-3H3. The van der Waals surface area contributed by atoms with Gasteiger partial charge in [-0.05, 0) is 69.0 Å². The summed E-state index contributed by atoms with van der Waals surface area (Å²) in [5, 5.41) is 3.42. The van der Waals surface area contributed by atoms with Crippen molar-refractivity contribution >= 4 is 11.8 Å². The molecule has 0 aromatic heterocycles. The van der Waals surface area contributed by atoms with E-state index in [1.165, 1.54) is 47.7 Å². The summed E-state index contributed by atoms with van der Waals surface area (Å²) in [7, 11) is 1.74. The Morgan fingerprint density at radius 2 is 1.94 bits per heavy atom. The molecular weight excluding hydrogens is 242 g/mol. The van der Waals surface area contributed by atoms with Crippen LogP contribution in [-0.2, 0) is 0 Å². The van der Waals surface area contributed by atoms with Gasteiger partial charge in [-0.1, -0.05) is 0 Å². The van der Waals surface area contributed by atoms with Gasteiger partial charge in [0.15, 0.2) is 0 Å². The first-order valence-electron chi connectivity index (χ1n) is 6.69. The number of hydrogen-bond donors (Lipinski definition) is 1. The number of methoxy groups -OCH3 is 1. The van der Waals surface area contributed by atoms with E-state index < -0.39 is 0 Å². The van der Waals surface area contributed by atoms with E-state index in [9.17, 15) is 0 Å². The molecule has 0 unspecified atom stereocenters. The summed E-state index contributed by atoms with van der Waals surface area (Å²) in [6.45, 7) is 6.66. The molecule has 1 saturated heterocycles. The third kappa shape index (κ3) is 3.42. The number of nitrogens with one attached hydrogen (secondary N) is 1. The van der Waals surface area contributed by atoms with Crippen molar-refractivity contribution in [3.8, 4) is 5.75 Å². The zero-order valence-electron chi connectivity index (χ0n) is 11.6. The maximum atomic E-state index is 5.36. The molecule has 0 atom stereocenters. The Kier molecular flexibility index (Phi) is 4.95. The molecule has 0 radical (unpaired) electrons. The van der Waals surface area contributed by atoms with Gasteiger partial charge in [-0.15, -0.1) is 11.8 Å². The van der Waals surface area contributed by atoms with Gasteiger partial charge in [0.1, 0.15) is 5.75 Å². The fourth-order valence-corrected chi connectivity index (χ4v) is 3.69. The second-order valence-electron chi connectivity index (χ2n) is 5.09. The van der Waals surface area contributed by atoms with Crippen molar-refractivity contribution < 1.29 is 4.74 Å². The topological polar surface area (TPSA) is 21.3 Å². The first-order chi connectivity index (χ1) is 8.70. The van der Waals surface area contributed by atoms with Gasteiger partial charge in [-0.2, -0.15) is 0 Å². The van der Waals surface area contributed by atoms with Gasteiger partial charge in [0.25, 0.3) is 0 Å². The summed E-state index contributed by atoms with van der Waals surface area (Å²) in [6.07, 6.45) is 2.64. The highest BCUT2D eigenvalue weighted by Crippen LogP contribution is 2.31. The van der Waals surface area contributed by atoms with Crippen molar-refractivity contribution in [2.45, 2.75) is 31.6 Å². The van der Waals surface area contributed by atoms with Gasteiger partial charge in [0.05, 0.1) is 7.11 Å². The third-order valence-electron chi connectivity index (χ3n) is 3.63. The Morgan fingerprint density at radius 3 is 2.61 bits per heavy atom. The monoisotopic (exact) mass is 265 g/mol. The maximum Gasteiger partial charge on any atom is 0.122 e. The zero-order valence-corrected chi connectivity index (χ0v) is 12.4. The van der Waals surface area contributed by atoms with Gasteiger partial charge in [-0.3, -0.25) is 0 Å². The Bertz CT molecular complexity index is 400. The van der Waals surface area contributed by atoms with E-state index in [-0.39, 0.29) is 0 Å². The van der Waals surface area contributed by atoms with Gasteiger partial charge in [-0.25, -0.2) is 0 Å². The lowest BCUT2D eigenvalue weighted by molar-refractivity contribution is 0.407. The molecule has 1 aliphatic heterocycles. The Morgan fingerprint density at radius 1 is 1.22 bits per heavy atom. The van der Waals surface area contributed by atoms with Crippen LogP contribution in [0.5, 0.6) is 5.75 Å². The van der Waals surface area contributed by atoms with Crippen molar-refractivity contribution in [1.29, 1.82) is 0 Å². The van der Waals surface area contributed by atoms with Crippen molar-refractivity contribution in [3.05, 3.63) is 23.3 Å². The Hall–Kier alpha value is -0.670. The number of ether oxygens (including phenoxy) is 1. The number of thioether (sulfide) groups is 1. The normalized spacial score (nSPS) is 16.8. The molecule has 0 saturated carbocycles. The lowest BCUT2D eigenvalue weighted by Crippen LogP contribution is -2.28. The fraction of sp³-hybridized carbons (Fsp3) is 0.600. The van der Waals surface area contributed by atoms with E-state index in [2.05, 4.69) is 31.3 Å². The van der Waals surface area contributed by atoms with Crippen molar-refractivity contribution in [1.82, 2.24) is 5.32 Å². The molecule has 2 rings (SSSR count). The molecule has 100 valence electrons. The average molecular weight is 265 g/mol. The molecular formula is C15H23NOS. The molecule has 18 heavy (non-hydrogen) atoms. The minimum atomic E-state index is 0.873.